The molecule has 0 fully saturated rings. The molecule has 5 heteroatoms. The van der Waals surface area contributed by atoms with Gasteiger partial charge in [0.05, 0.1) is 9.85 Å². The first-order valence-corrected chi connectivity index (χ1v) is 5.06. The number of rotatable bonds is 1. The van der Waals surface area contributed by atoms with E-state index in [4.69, 9.17) is 23.8 Å². The Morgan fingerprint density at radius 2 is 2.25 bits per heavy atom. The van der Waals surface area contributed by atoms with Crippen LogP contribution < -0.4 is 0 Å². The molecule has 2 nitrogen and oxygen atoms in total. The number of aromatic nitrogens is 2. The van der Waals surface area contributed by atoms with Crippen molar-refractivity contribution in [1.82, 2.24) is 9.97 Å². The molecule has 1 N–H and O–H groups in total. The lowest BCUT2D eigenvalue weighted by molar-refractivity contribution is 0.879. The zero-order valence-electron chi connectivity index (χ0n) is 6.69. The zero-order valence-corrected chi connectivity index (χ0v) is 9.85. The highest BCUT2D eigenvalue weighted by molar-refractivity contribution is 9.10. The Hall–Kier alpha value is 0.0700. The van der Waals surface area contributed by atoms with Crippen LogP contribution in [0.2, 0.25) is 0 Å². The number of aryl methyl sites for hydroxylation is 1. The van der Waals surface area contributed by atoms with Crippen LogP contribution in [0.25, 0.3) is 0 Å². The van der Waals surface area contributed by atoms with E-state index < -0.39 is 0 Å². The van der Waals surface area contributed by atoms with Crippen LogP contribution in [0.15, 0.2) is 4.47 Å². The molecule has 0 aliphatic heterocycles. The highest BCUT2D eigenvalue weighted by Gasteiger charge is 2.06. The molecule has 1 atom stereocenters. The van der Waals surface area contributed by atoms with Crippen LogP contribution in [0.1, 0.15) is 23.8 Å². The average Bonchev–Trinajstić information content (AvgIpc) is 1.99. The lowest BCUT2D eigenvalue weighted by Gasteiger charge is -2.05. The smallest absolute Gasteiger partial charge is 0.144 e. The van der Waals surface area contributed by atoms with Crippen LogP contribution in [0, 0.1) is 11.6 Å². The molecule has 0 aliphatic carbocycles. The van der Waals surface area contributed by atoms with Gasteiger partial charge in [0.15, 0.2) is 0 Å². The molecule has 1 unspecified atom stereocenters. The third kappa shape index (κ3) is 2.06. The van der Waals surface area contributed by atoms with Gasteiger partial charge in [-0.1, -0.05) is 12.2 Å². The first kappa shape index (κ1) is 10.2. The quantitative estimate of drug-likeness (QED) is 0.623. The largest absolute Gasteiger partial charge is 0.345 e. The first-order valence-electron chi connectivity index (χ1n) is 3.42. The third-order valence-electron chi connectivity index (χ3n) is 1.43. The maximum atomic E-state index is 5.84. The molecule has 1 rings (SSSR count). The summed E-state index contributed by atoms with van der Waals surface area (Å²) >= 11 is 14.2. The minimum Gasteiger partial charge on any atom is -0.345 e. The van der Waals surface area contributed by atoms with Gasteiger partial charge in [0.1, 0.15) is 10.5 Å². The second kappa shape index (κ2) is 3.85. The molecule has 66 valence electrons. The molecule has 1 heterocycles. The van der Waals surface area contributed by atoms with Gasteiger partial charge in [0.25, 0.3) is 0 Å². The molecule has 1 aromatic rings. The highest BCUT2D eigenvalue weighted by atomic mass is 79.9. The number of aromatic amines is 1. The van der Waals surface area contributed by atoms with Gasteiger partial charge < -0.3 is 4.98 Å². The predicted octanol–water partition coefficient (Wildman–Crippen LogP) is 3.51. The fourth-order valence-electron chi connectivity index (χ4n) is 0.782. The van der Waals surface area contributed by atoms with Gasteiger partial charge in [0, 0.05) is 5.69 Å². The first-order chi connectivity index (χ1) is 5.52. The summed E-state index contributed by atoms with van der Waals surface area (Å²) in [5.74, 6) is 0.711. The number of hydrogen-bond acceptors (Lipinski definition) is 2. The molecule has 12 heavy (non-hydrogen) atoms. The summed E-state index contributed by atoms with van der Waals surface area (Å²) in [5, 5.41) is -0.140. The Balaban J connectivity index is 3.31. The fraction of sp³-hybridized carbons (Fsp3) is 0.429. The highest BCUT2D eigenvalue weighted by Crippen LogP contribution is 2.19. The van der Waals surface area contributed by atoms with E-state index in [-0.39, 0.29) is 5.38 Å². The van der Waals surface area contributed by atoms with Gasteiger partial charge in [-0.2, -0.15) is 0 Å². The van der Waals surface area contributed by atoms with Gasteiger partial charge in [-0.3, -0.25) is 0 Å². The second-order valence-corrected chi connectivity index (χ2v) is 4.32. The van der Waals surface area contributed by atoms with E-state index in [1.54, 1.807) is 0 Å². The molecule has 0 aromatic carbocycles. The van der Waals surface area contributed by atoms with Gasteiger partial charge >= 0.3 is 0 Å². The number of nitrogens with zero attached hydrogens (tertiary/aromatic N) is 1. The van der Waals surface area contributed by atoms with Crippen molar-refractivity contribution in [3.05, 3.63) is 20.6 Å². The zero-order chi connectivity index (χ0) is 9.30. The van der Waals surface area contributed by atoms with E-state index in [1.165, 1.54) is 0 Å². The number of nitrogens with one attached hydrogen (secondary N) is 1. The predicted molar refractivity (Wildman–Crippen MR) is 56.1 cm³/mol. The van der Waals surface area contributed by atoms with Gasteiger partial charge in [-0.25, -0.2) is 4.98 Å². The maximum absolute atomic E-state index is 5.84. The Morgan fingerprint density at radius 3 is 2.67 bits per heavy atom. The van der Waals surface area contributed by atoms with Crippen molar-refractivity contribution < 1.29 is 0 Å². The summed E-state index contributed by atoms with van der Waals surface area (Å²) in [6.45, 7) is 3.77. The Morgan fingerprint density at radius 1 is 1.67 bits per heavy atom. The standard InChI is InChI=1S/C7H8BrClN2S/c1-3(9)6-10-4(2)5(8)7(12)11-6/h3H,1-2H3,(H,10,11,12). The maximum Gasteiger partial charge on any atom is 0.144 e. The summed E-state index contributed by atoms with van der Waals surface area (Å²) in [7, 11) is 0. The summed E-state index contributed by atoms with van der Waals surface area (Å²) in [4.78, 5) is 7.17. The molecule has 0 spiro atoms. The molecule has 0 radical (unpaired) electrons. The SMILES string of the molecule is Cc1[nH]c(C(C)Cl)nc(=S)c1Br. The number of alkyl halides is 1. The van der Waals surface area contributed by atoms with Crippen LogP contribution in [0.5, 0.6) is 0 Å². The average molecular weight is 268 g/mol. The van der Waals surface area contributed by atoms with E-state index in [2.05, 4.69) is 25.9 Å². The Kier molecular flexibility index (Phi) is 3.26. The van der Waals surface area contributed by atoms with Crippen LogP contribution in [0.4, 0.5) is 0 Å². The van der Waals surface area contributed by atoms with E-state index >= 15 is 0 Å². The minimum absolute atomic E-state index is 0.140. The van der Waals surface area contributed by atoms with Gasteiger partial charge in [-0.15, -0.1) is 11.6 Å². The summed E-state index contributed by atoms with van der Waals surface area (Å²) in [6, 6.07) is 0. The molecule has 0 saturated carbocycles. The molecule has 0 bridgehead atoms. The molecule has 0 saturated heterocycles. The van der Waals surface area contributed by atoms with Crippen molar-refractivity contribution in [2.45, 2.75) is 19.2 Å². The van der Waals surface area contributed by atoms with E-state index in [0.717, 1.165) is 10.2 Å². The fourth-order valence-corrected chi connectivity index (χ4v) is 1.32. The lowest BCUT2D eigenvalue weighted by Crippen LogP contribution is -1.98. The molecular formula is C7H8BrClN2S. The van der Waals surface area contributed by atoms with E-state index in [1.807, 2.05) is 13.8 Å². The van der Waals surface area contributed by atoms with Crippen LogP contribution in [-0.4, -0.2) is 9.97 Å². The van der Waals surface area contributed by atoms with Gasteiger partial charge in [0.2, 0.25) is 0 Å². The van der Waals surface area contributed by atoms with Crippen LogP contribution >= 0.6 is 39.7 Å². The van der Waals surface area contributed by atoms with Crippen LogP contribution in [0.3, 0.4) is 0 Å². The molecule has 0 amide bonds. The van der Waals surface area contributed by atoms with E-state index in [9.17, 15) is 0 Å². The number of halogens is 2. The monoisotopic (exact) mass is 266 g/mol. The van der Waals surface area contributed by atoms with Crippen molar-refractivity contribution in [2.24, 2.45) is 0 Å². The number of H-pyrrole nitrogens is 1. The minimum atomic E-state index is -0.140. The Labute approximate surface area is 89.5 Å². The van der Waals surface area contributed by atoms with Crippen molar-refractivity contribution >= 4 is 39.7 Å². The van der Waals surface area contributed by atoms with Crippen molar-refractivity contribution in [2.75, 3.05) is 0 Å². The molecular weight excluding hydrogens is 260 g/mol. The Bertz CT molecular complexity index is 348. The number of hydrogen-bond donors (Lipinski definition) is 1. The third-order valence-corrected chi connectivity index (χ3v) is 3.17. The van der Waals surface area contributed by atoms with Gasteiger partial charge in [-0.05, 0) is 29.8 Å². The normalized spacial score (nSPS) is 13.0. The molecule has 0 aliphatic rings. The summed E-state index contributed by atoms with van der Waals surface area (Å²) in [6.07, 6.45) is 0. The summed E-state index contributed by atoms with van der Waals surface area (Å²) < 4.78 is 1.38. The molecule has 1 aromatic heterocycles. The van der Waals surface area contributed by atoms with Crippen LogP contribution in [-0.2, 0) is 0 Å². The van der Waals surface area contributed by atoms with Crippen molar-refractivity contribution in [3.63, 3.8) is 0 Å². The topological polar surface area (TPSA) is 28.7 Å². The second-order valence-electron chi connectivity index (χ2n) is 2.48. The van der Waals surface area contributed by atoms with Crippen molar-refractivity contribution in [1.29, 1.82) is 0 Å². The lowest BCUT2D eigenvalue weighted by atomic mass is 10.4. The van der Waals surface area contributed by atoms with E-state index in [0.29, 0.717) is 10.5 Å². The van der Waals surface area contributed by atoms with Crippen molar-refractivity contribution in [3.8, 4) is 0 Å². The summed E-state index contributed by atoms with van der Waals surface area (Å²) in [5.41, 5.74) is 0.956.